The smallest absolute Gasteiger partial charge is 0.317 e. The Balaban J connectivity index is 2.50. The molecule has 0 aliphatic rings. The summed E-state index contributed by atoms with van der Waals surface area (Å²) in [6.45, 7) is 4.52. The Hall–Kier alpha value is -1.62. The molecule has 2 amide bonds. The number of rotatable bonds is 6. The van der Waals surface area contributed by atoms with Crippen molar-refractivity contribution in [3.63, 3.8) is 0 Å². The Morgan fingerprint density at radius 1 is 1.53 bits per heavy atom. The first-order valence-corrected chi connectivity index (χ1v) is 6.47. The van der Waals surface area contributed by atoms with Gasteiger partial charge in [-0.25, -0.2) is 9.18 Å². The van der Waals surface area contributed by atoms with Crippen molar-refractivity contribution in [1.82, 2.24) is 10.2 Å². The van der Waals surface area contributed by atoms with Gasteiger partial charge in [-0.3, -0.25) is 0 Å². The van der Waals surface area contributed by atoms with Gasteiger partial charge in [-0.05, 0) is 38.0 Å². The van der Waals surface area contributed by atoms with Crippen LogP contribution in [0.3, 0.4) is 0 Å². The van der Waals surface area contributed by atoms with Crippen molar-refractivity contribution in [3.8, 4) is 0 Å². The van der Waals surface area contributed by atoms with Crippen LogP contribution in [0.2, 0.25) is 0 Å². The van der Waals surface area contributed by atoms with E-state index in [4.69, 9.17) is 5.11 Å². The van der Waals surface area contributed by atoms with Crippen LogP contribution in [0.4, 0.5) is 9.18 Å². The molecular formula is C14H21FN2O2. The fourth-order valence-corrected chi connectivity index (χ4v) is 1.89. The molecule has 0 aromatic heterocycles. The number of amides is 2. The second-order valence-corrected chi connectivity index (χ2v) is 4.49. The fraction of sp³-hybridized carbons (Fsp3) is 0.500. The Labute approximate surface area is 113 Å². The third kappa shape index (κ3) is 5.26. The van der Waals surface area contributed by atoms with E-state index >= 15 is 0 Å². The predicted molar refractivity (Wildman–Crippen MR) is 72.4 cm³/mol. The molecule has 1 unspecified atom stereocenters. The van der Waals surface area contributed by atoms with Gasteiger partial charge in [0, 0.05) is 19.1 Å². The average Bonchev–Trinajstić information content (AvgIpc) is 2.35. The Kier molecular flexibility index (Phi) is 6.29. The summed E-state index contributed by atoms with van der Waals surface area (Å²) in [6.07, 6.45) is 0.570. The molecule has 1 aromatic rings. The largest absolute Gasteiger partial charge is 0.395 e. The van der Waals surface area contributed by atoms with E-state index in [-0.39, 0.29) is 24.5 Å². The highest BCUT2D eigenvalue weighted by Gasteiger charge is 2.13. The van der Waals surface area contributed by atoms with Crippen LogP contribution in [0.15, 0.2) is 24.3 Å². The van der Waals surface area contributed by atoms with E-state index in [2.05, 4.69) is 5.32 Å². The molecule has 0 bridgehead atoms. The Morgan fingerprint density at radius 2 is 2.26 bits per heavy atom. The van der Waals surface area contributed by atoms with Gasteiger partial charge in [-0.1, -0.05) is 12.1 Å². The molecule has 19 heavy (non-hydrogen) atoms. The number of carbonyl (C=O) groups is 1. The van der Waals surface area contributed by atoms with E-state index in [1.54, 1.807) is 6.07 Å². The normalized spacial score (nSPS) is 12.0. The number of aliphatic hydroxyl groups is 1. The number of nitrogens with one attached hydrogen (secondary N) is 1. The van der Waals surface area contributed by atoms with Crippen molar-refractivity contribution < 1.29 is 14.3 Å². The van der Waals surface area contributed by atoms with Gasteiger partial charge in [0.05, 0.1) is 6.61 Å². The molecule has 1 atom stereocenters. The number of hydrogen-bond donors (Lipinski definition) is 2. The van der Waals surface area contributed by atoms with Gasteiger partial charge in [0.15, 0.2) is 0 Å². The van der Waals surface area contributed by atoms with Crippen LogP contribution < -0.4 is 5.32 Å². The van der Waals surface area contributed by atoms with Crippen molar-refractivity contribution in [1.29, 1.82) is 0 Å². The number of aliphatic hydroxyl groups excluding tert-OH is 1. The summed E-state index contributed by atoms with van der Waals surface area (Å²) in [5.74, 6) is -0.272. The van der Waals surface area contributed by atoms with Gasteiger partial charge >= 0.3 is 6.03 Å². The van der Waals surface area contributed by atoms with Crippen molar-refractivity contribution in [3.05, 3.63) is 35.6 Å². The molecular weight excluding hydrogens is 247 g/mol. The Morgan fingerprint density at radius 3 is 2.84 bits per heavy atom. The van der Waals surface area contributed by atoms with E-state index in [0.717, 1.165) is 5.56 Å². The van der Waals surface area contributed by atoms with E-state index in [1.807, 2.05) is 19.9 Å². The van der Waals surface area contributed by atoms with Crippen molar-refractivity contribution >= 4 is 6.03 Å². The maximum Gasteiger partial charge on any atom is 0.317 e. The minimum atomic E-state index is -0.272. The zero-order valence-electron chi connectivity index (χ0n) is 11.4. The number of urea groups is 1. The molecule has 1 aromatic carbocycles. The maximum atomic E-state index is 13.0. The summed E-state index contributed by atoms with van der Waals surface area (Å²) in [5, 5.41) is 11.7. The number of likely N-dealkylation sites (N-methyl/N-ethyl adjacent to an activating group) is 1. The van der Waals surface area contributed by atoms with Crippen molar-refractivity contribution in [2.75, 3.05) is 19.7 Å². The third-order valence-electron chi connectivity index (χ3n) is 2.84. The molecule has 2 N–H and O–H groups in total. The van der Waals surface area contributed by atoms with E-state index in [1.165, 1.54) is 17.0 Å². The molecule has 0 aliphatic heterocycles. The Bertz CT molecular complexity index is 412. The number of halogens is 1. The molecule has 0 heterocycles. The topological polar surface area (TPSA) is 52.6 Å². The first-order chi connectivity index (χ1) is 9.06. The summed E-state index contributed by atoms with van der Waals surface area (Å²) in [6, 6.07) is 6.05. The van der Waals surface area contributed by atoms with Crippen LogP contribution >= 0.6 is 0 Å². The molecule has 0 saturated heterocycles. The zero-order valence-corrected chi connectivity index (χ0v) is 11.4. The molecule has 0 spiro atoms. The van der Waals surface area contributed by atoms with Gasteiger partial charge in [-0.2, -0.15) is 0 Å². The number of carbonyl (C=O) groups excluding carboxylic acids is 1. The third-order valence-corrected chi connectivity index (χ3v) is 2.84. The summed E-state index contributed by atoms with van der Waals surface area (Å²) in [5.41, 5.74) is 0.845. The van der Waals surface area contributed by atoms with Crippen LogP contribution in [0.25, 0.3) is 0 Å². The van der Waals surface area contributed by atoms with Gasteiger partial charge in [0.2, 0.25) is 0 Å². The summed E-state index contributed by atoms with van der Waals surface area (Å²) < 4.78 is 13.0. The lowest BCUT2D eigenvalue weighted by molar-refractivity contribution is 0.177. The van der Waals surface area contributed by atoms with Crippen LogP contribution in [0.1, 0.15) is 19.4 Å². The molecule has 5 heteroatoms. The monoisotopic (exact) mass is 268 g/mol. The number of benzene rings is 1. The first-order valence-electron chi connectivity index (χ1n) is 6.47. The highest BCUT2D eigenvalue weighted by atomic mass is 19.1. The fourth-order valence-electron chi connectivity index (χ4n) is 1.89. The number of nitrogens with zero attached hydrogens (tertiary/aromatic N) is 1. The van der Waals surface area contributed by atoms with Crippen molar-refractivity contribution in [2.45, 2.75) is 26.3 Å². The van der Waals surface area contributed by atoms with E-state index < -0.39 is 0 Å². The quantitative estimate of drug-likeness (QED) is 0.826. The minimum Gasteiger partial charge on any atom is -0.395 e. The van der Waals surface area contributed by atoms with Crippen molar-refractivity contribution in [2.24, 2.45) is 0 Å². The second-order valence-electron chi connectivity index (χ2n) is 4.49. The molecule has 106 valence electrons. The molecule has 1 rings (SSSR count). The molecule has 0 aliphatic carbocycles. The summed E-state index contributed by atoms with van der Waals surface area (Å²) in [7, 11) is 0. The SMILES string of the molecule is CCN(CCO)C(=O)NC(C)Cc1cccc(F)c1. The molecule has 4 nitrogen and oxygen atoms in total. The maximum absolute atomic E-state index is 13.0. The van der Waals surface area contributed by atoms with E-state index in [9.17, 15) is 9.18 Å². The summed E-state index contributed by atoms with van der Waals surface area (Å²) in [4.78, 5) is 13.4. The lowest BCUT2D eigenvalue weighted by atomic mass is 10.1. The number of hydrogen-bond acceptors (Lipinski definition) is 2. The van der Waals surface area contributed by atoms with Crippen LogP contribution in [0, 0.1) is 5.82 Å². The highest BCUT2D eigenvalue weighted by molar-refractivity contribution is 5.74. The lowest BCUT2D eigenvalue weighted by Gasteiger charge is -2.23. The van der Waals surface area contributed by atoms with Crippen LogP contribution in [-0.2, 0) is 6.42 Å². The molecule has 0 radical (unpaired) electrons. The predicted octanol–water partition coefficient (Wildman–Crippen LogP) is 1.78. The minimum absolute atomic E-state index is 0.0560. The summed E-state index contributed by atoms with van der Waals surface area (Å²) >= 11 is 0. The zero-order chi connectivity index (χ0) is 14.3. The molecule has 0 fully saturated rings. The van der Waals surface area contributed by atoms with Gasteiger partial charge < -0.3 is 15.3 Å². The highest BCUT2D eigenvalue weighted by Crippen LogP contribution is 2.06. The van der Waals surface area contributed by atoms with Gasteiger partial charge in [0.1, 0.15) is 5.82 Å². The first kappa shape index (κ1) is 15.4. The standard InChI is InChI=1S/C14H21FN2O2/c1-3-17(7-8-18)14(19)16-11(2)9-12-5-4-6-13(15)10-12/h4-6,10-11,18H,3,7-9H2,1-2H3,(H,16,19). The van der Waals surface area contributed by atoms with E-state index in [0.29, 0.717) is 19.5 Å². The second kappa shape index (κ2) is 7.74. The van der Waals surface area contributed by atoms with Crippen LogP contribution in [-0.4, -0.2) is 41.8 Å². The average molecular weight is 268 g/mol. The van der Waals surface area contributed by atoms with Crippen LogP contribution in [0.5, 0.6) is 0 Å². The lowest BCUT2D eigenvalue weighted by Crippen LogP contribution is -2.45. The van der Waals surface area contributed by atoms with Gasteiger partial charge in [-0.15, -0.1) is 0 Å². The van der Waals surface area contributed by atoms with Gasteiger partial charge in [0.25, 0.3) is 0 Å². The molecule has 0 saturated carbocycles.